The molecule has 0 spiro atoms. The van der Waals surface area contributed by atoms with E-state index in [0.717, 1.165) is 0 Å². The Balaban J connectivity index is 2.14. The number of allylic oxidation sites excluding steroid dienone is 2. The van der Waals surface area contributed by atoms with Gasteiger partial charge in [0.05, 0.1) is 0 Å². The monoisotopic (exact) mass is 265 g/mol. The van der Waals surface area contributed by atoms with E-state index in [1.165, 1.54) is 0 Å². The Kier molecular flexibility index (Phi) is 2.09. The first kappa shape index (κ1) is 8.10. The molecule has 1 N–H and O–H groups in total. The minimum absolute atomic E-state index is 0.0364. The summed E-state index contributed by atoms with van der Waals surface area (Å²) in [6.45, 7) is 0. The molecule has 1 atom stereocenters. The van der Waals surface area contributed by atoms with Gasteiger partial charge in [0.15, 0.2) is 0 Å². The summed E-state index contributed by atoms with van der Waals surface area (Å²) in [5, 5.41) is 2.35. The molecule has 2 aliphatic heterocycles. The Morgan fingerprint density at radius 2 is 2.00 bits per heavy atom. The molecule has 0 aromatic rings. The van der Waals surface area contributed by atoms with E-state index in [-0.39, 0.29) is 15.5 Å². The third-order valence-corrected chi connectivity index (χ3v) is 10.2. The molecule has 1 unspecified atom stereocenters. The molecule has 0 aromatic carbocycles. The molecule has 1 fully saturated rings. The van der Waals surface area contributed by atoms with E-state index < -0.39 is 21.4 Å². The average molecular weight is 265 g/mol. The first-order valence-electron chi connectivity index (χ1n) is 3.96. The molecule has 0 saturated carbocycles. The number of hydrogen-bond donors (Lipinski definition) is 1. The molecule has 0 radical (unpaired) electrons. The molecule has 2 aliphatic rings. The van der Waals surface area contributed by atoms with Crippen molar-refractivity contribution in [1.29, 1.82) is 0 Å². The molecule has 0 aliphatic carbocycles. The van der Waals surface area contributed by atoms with Crippen LogP contribution in [0, 0.1) is 0 Å². The fourth-order valence-electron chi connectivity index (χ4n) is 1.60. The van der Waals surface area contributed by atoms with Gasteiger partial charge in [-0.2, -0.15) is 0 Å². The summed E-state index contributed by atoms with van der Waals surface area (Å²) in [6, 6.07) is 0. The minimum atomic E-state index is -1.91. The van der Waals surface area contributed by atoms with Gasteiger partial charge >= 0.3 is 78.1 Å². The first-order valence-corrected chi connectivity index (χ1v) is 9.67. The molecule has 1 saturated heterocycles. The summed E-state index contributed by atoms with van der Waals surface area (Å²) in [5.74, 6) is -0.146. The van der Waals surface area contributed by atoms with E-state index in [9.17, 15) is 9.59 Å². The van der Waals surface area contributed by atoms with Gasteiger partial charge in [-0.05, 0) is 0 Å². The van der Waals surface area contributed by atoms with Crippen molar-refractivity contribution in [2.24, 2.45) is 0 Å². The Morgan fingerprint density at radius 3 is 2.50 bits per heavy atom. The SMILES string of the molecule is O=C1C[CH]([In]2[CH]=CC=[CH]2)C(=O)N1. The molecule has 2 rings (SSSR count). The summed E-state index contributed by atoms with van der Waals surface area (Å²) >= 11 is -1.91. The van der Waals surface area contributed by atoms with Gasteiger partial charge in [-0.25, -0.2) is 0 Å². The van der Waals surface area contributed by atoms with Gasteiger partial charge in [0.1, 0.15) is 0 Å². The second-order valence-corrected chi connectivity index (χ2v) is 10.9. The van der Waals surface area contributed by atoms with E-state index in [4.69, 9.17) is 0 Å². The van der Waals surface area contributed by atoms with Gasteiger partial charge in [-0.3, -0.25) is 0 Å². The van der Waals surface area contributed by atoms with Crippen molar-refractivity contribution in [3.05, 3.63) is 19.8 Å². The second-order valence-electron chi connectivity index (χ2n) is 3.07. The van der Waals surface area contributed by atoms with Crippen LogP contribution in [0.25, 0.3) is 0 Å². The number of imide groups is 1. The molecule has 60 valence electrons. The van der Waals surface area contributed by atoms with Crippen molar-refractivity contribution < 1.29 is 9.59 Å². The quantitative estimate of drug-likeness (QED) is 0.683. The van der Waals surface area contributed by atoms with Crippen molar-refractivity contribution >= 4 is 33.3 Å². The van der Waals surface area contributed by atoms with Crippen LogP contribution >= 0.6 is 0 Å². The van der Waals surface area contributed by atoms with Gasteiger partial charge in [-0.15, -0.1) is 0 Å². The molecule has 0 aromatic heterocycles. The zero-order chi connectivity index (χ0) is 8.55. The molecular weight excluding hydrogens is 257 g/mol. The number of amides is 2. The summed E-state index contributed by atoms with van der Waals surface area (Å²) in [4.78, 5) is 22.1. The fourth-order valence-corrected chi connectivity index (χ4v) is 8.32. The van der Waals surface area contributed by atoms with Crippen molar-refractivity contribution in [3.8, 4) is 0 Å². The fraction of sp³-hybridized carbons (Fsp3) is 0.250. The van der Waals surface area contributed by atoms with Gasteiger partial charge in [0.25, 0.3) is 0 Å². The first-order chi connectivity index (χ1) is 5.77. The average Bonchev–Trinajstić information content (AvgIpc) is 2.58. The number of rotatable bonds is 1. The standard InChI is InChI=1S/C4H4NO2.C4H4.In/c6-3-1-2-4(7)5-3;1-3-4-2;/h1H,2H2,(H,5,6,7);1-4H;. The van der Waals surface area contributed by atoms with Crippen LogP contribution in [0.2, 0.25) is 3.67 Å². The summed E-state index contributed by atoms with van der Waals surface area (Å²) in [5.41, 5.74) is 0. The topological polar surface area (TPSA) is 46.2 Å². The molecule has 2 amide bonds. The summed E-state index contributed by atoms with van der Waals surface area (Å²) < 4.78 is 4.35. The van der Waals surface area contributed by atoms with Gasteiger partial charge in [0, 0.05) is 0 Å². The number of carbonyl (C=O) groups excluding carboxylic acids is 2. The molecule has 4 heteroatoms. The zero-order valence-corrected chi connectivity index (χ0v) is 9.78. The van der Waals surface area contributed by atoms with Crippen LogP contribution in [0.5, 0.6) is 0 Å². The van der Waals surface area contributed by atoms with Crippen LogP contribution in [-0.4, -0.2) is 33.3 Å². The second kappa shape index (κ2) is 3.09. The molecule has 3 nitrogen and oxygen atoms in total. The maximum atomic E-state index is 11.2. The summed E-state index contributed by atoms with van der Waals surface area (Å²) in [7, 11) is 0. The molecule has 2 heterocycles. The molecule has 0 bridgehead atoms. The van der Waals surface area contributed by atoms with E-state index in [2.05, 4.69) is 13.0 Å². The number of nitrogens with one attached hydrogen (secondary N) is 1. The Morgan fingerprint density at radius 1 is 1.33 bits per heavy atom. The van der Waals surface area contributed by atoms with Crippen molar-refractivity contribution in [3.63, 3.8) is 0 Å². The number of carbonyl (C=O) groups is 2. The van der Waals surface area contributed by atoms with Crippen LogP contribution in [0.15, 0.2) is 19.8 Å². The van der Waals surface area contributed by atoms with Crippen LogP contribution < -0.4 is 5.32 Å². The van der Waals surface area contributed by atoms with Crippen molar-refractivity contribution in [2.75, 3.05) is 0 Å². The van der Waals surface area contributed by atoms with E-state index in [1.54, 1.807) is 0 Å². The van der Waals surface area contributed by atoms with E-state index in [1.807, 2.05) is 12.2 Å². The van der Waals surface area contributed by atoms with Gasteiger partial charge in [-0.1, -0.05) is 0 Å². The predicted molar refractivity (Wildman–Crippen MR) is 45.6 cm³/mol. The number of hydrogen-bond acceptors (Lipinski definition) is 2. The van der Waals surface area contributed by atoms with E-state index >= 15 is 0 Å². The molecule has 12 heavy (non-hydrogen) atoms. The Labute approximate surface area is 78.1 Å². The third kappa shape index (κ3) is 1.35. The summed E-state index contributed by atoms with van der Waals surface area (Å²) in [6.07, 6.45) is 4.42. The van der Waals surface area contributed by atoms with Gasteiger partial charge in [0.2, 0.25) is 0 Å². The Bertz CT molecular complexity index is 283. The normalized spacial score (nSPS) is 27.0. The van der Waals surface area contributed by atoms with Crippen molar-refractivity contribution in [1.82, 2.24) is 5.32 Å². The van der Waals surface area contributed by atoms with Crippen LogP contribution in [-0.2, 0) is 9.59 Å². The van der Waals surface area contributed by atoms with E-state index in [0.29, 0.717) is 6.42 Å². The van der Waals surface area contributed by atoms with Crippen molar-refractivity contribution in [2.45, 2.75) is 10.1 Å². The third-order valence-electron chi connectivity index (χ3n) is 2.25. The predicted octanol–water partition coefficient (Wildman–Crippen LogP) is 0.102. The maximum absolute atomic E-state index is 11.2. The van der Waals surface area contributed by atoms with Crippen LogP contribution in [0.3, 0.4) is 0 Å². The van der Waals surface area contributed by atoms with Crippen LogP contribution in [0.4, 0.5) is 0 Å². The van der Waals surface area contributed by atoms with Crippen LogP contribution in [0.1, 0.15) is 6.42 Å². The molecular formula is C8H8InNO2. The zero-order valence-electron chi connectivity index (χ0n) is 6.49. The Hall–Kier alpha value is -0.510. The van der Waals surface area contributed by atoms with Gasteiger partial charge < -0.3 is 0 Å².